The number of aliphatic hydroxyl groups is 1. The molecular formula is C14H17FN2O3. The van der Waals surface area contributed by atoms with Crippen molar-refractivity contribution in [3.8, 4) is 0 Å². The number of hydrogen-bond donors (Lipinski definition) is 2. The summed E-state index contributed by atoms with van der Waals surface area (Å²) < 4.78 is 13.0. The van der Waals surface area contributed by atoms with E-state index in [9.17, 15) is 14.0 Å². The zero-order chi connectivity index (χ0) is 14.7. The summed E-state index contributed by atoms with van der Waals surface area (Å²) in [4.78, 5) is 25.4. The second-order valence-electron chi connectivity index (χ2n) is 4.83. The lowest BCUT2D eigenvalue weighted by atomic mass is 9.93. The zero-order valence-electron chi connectivity index (χ0n) is 11.2. The molecule has 0 bridgehead atoms. The van der Waals surface area contributed by atoms with Gasteiger partial charge in [0.1, 0.15) is 5.82 Å². The molecule has 0 unspecified atom stereocenters. The molecule has 1 aliphatic rings. The largest absolute Gasteiger partial charge is 0.395 e. The summed E-state index contributed by atoms with van der Waals surface area (Å²) >= 11 is 0. The van der Waals surface area contributed by atoms with E-state index in [0.717, 1.165) is 5.56 Å². The maximum Gasteiger partial charge on any atom is 0.226 e. The molecule has 108 valence electrons. The van der Waals surface area contributed by atoms with Gasteiger partial charge in [-0.1, -0.05) is 12.1 Å². The summed E-state index contributed by atoms with van der Waals surface area (Å²) in [5.41, 5.74) is 0.726. The summed E-state index contributed by atoms with van der Waals surface area (Å²) in [5, 5.41) is 11.3. The number of carbonyl (C=O) groups is 2. The lowest BCUT2D eigenvalue weighted by Gasteiger charge is -2.24. The van der Waals surface area contributed by atoms with Gasteiger partial charge in [0.15, 0.2) is 0 Å². The number of halogens is 1. The van der Waals surface area contributed by atoms with E-state index in [4.69, 9.17) is 5.11 Å². The summed E-state index contributed by atoms with van der Waals surface area (Å²) in [5.74, 6) is -1.28. The molecule has 1 aliphatic heterocycles. The van der Waals surface area contributed by atoms with E-state index in [0.29, 0.717) is 0 Å². The number of amides is 2. The van der Waals surface area contributed by atoms with Crippen LogP contribution in [-0.4, -0.2) is 42.0 Å². The molecule has 1 aromatic rings. The van der Waals surface area contributed by atoms with E-state index in [1.54, 1.807) is 19.2 Å². The number of benzene rings is 1. The van der Waals surface area contributed by atoms with Crippen LogP contribution in [0, 0.1) is 11.7 Å². The molecule has 1 fully saturated rings. The molecule has 0 aliphatic carbocycles. The molecule has 1 heterocycles. The Morgan fingerprint density at radius 3 is 2.70 bits per heavy atom. The average Bonchev–Trinajstić information content (AvgIpc) is 2.73. The first-order chi connectivity index (χ1) is 9.54. The van der Waals surface area contributed by atoms with Crippen molar-refractivity contribution in [1.29, 1.82) is 0 Å². The van der Waals surface area contributed by atoms with Gasteiger partial charge < -0.3 is 15.3 Å². The molecule has 1 aromatic carbocycles. The molecule has 5 nitrogen and oxygen atoms in total. The third-order valence-electron chi connectivity index (χ3n) is 3.55. The summed E-state index contributed by atoms with van der Waals surface area (Å²) in [6.07, 6.45) is 0.121. The third kappa shape index (κ3) is 2.80. The van der Waals surface area contributed by atoms with Crippen LogP contribution in [0.3, 0.4) is 0 Å². The number of hydrogen-bond acceptors (Lipinski definition) is 3. The van der Waals surface area contributed by atoms with E-state index < -0.39 is 12.0 Å². The summed E-state index contributed by atoms with van der Waals surface area (Å²) in [6, 6.07) is 5.40. The first-order valence-corrected chi connectivity index (χ1v) is 6.44. The number of likely N-dealkylation sites (tertiary alicyclic amines) is 1. The molecule has 0 spiro atoms. The topological polar surface area (TPSA) is 69.6 Å². The Balaban J connectivity index is 2.24. The maximum atomic E-state index is 13.0. The number of carbonyl (C=O) groups excluding carboxylic acids is 2. The maximum absolute atomic E-state index is 13.0. The first kappa shape index (κ1) is 14.5. The van der Waals surface area contributed by atoms with Crippen molar-refractivity contribution < 1.29 is 19.1 Å². The zero-order valence-corrected chi connectivity index (χ0v) is 11.2. The van der Waals surface area contributed by atoms with Crippen LogP contribution in [0.15, 0.2) is 24.3 Å². The van der Waals surface area contributed by atoms with Gasteiger partial charge in [0.2, 0.25) is 11.8 Å². The van der Waals surface area contributed by atoms with Crippen LogP contribution in [0.4, 0.5) is 4.39 Å². The number of nitrogens with one attached hydrogen (secondary N) is 1. The molecule has 2 atom stereocenters. The molecule has 0 radical (unpaired) electrons. The molecular weight excluding hydrogens is 263 g/mol. The Morgan fingerprint density at radius 1 is 1.45 bits per heavy atom. The summed E-state index contributed by atoms with van der Waals surface area (Å²) in [6.45, 7) is 0.00678. The fourth-order valence-electron chi connectivity index (χ4n) is 2.53. The van der Waals surface area contributed by atoms with Gasteiger partial charge in [-0.25, -0.2) is 4.39 Å². The van der Waals surface area contributed by atoms with Crippen LogP contribution in [0.5, 0.6) is 0 Å². The molecule has 0 aromatic heterocycles. The van der Waals surface area contributed by atoms with E-state index in [-0.39, 0.29) is 37.2 Å². The highest BCUT2D eigenvalue weighted by atomic mass is 19.1. The third-order valence-corrected chi connectivity index (χ3v) is 3.55. The SMILES string of the molecule is CN1C(=O)C[C@@H](C(=O)NCCO)[C@H]1c1ccc(F)cc1. The van der Waals surface area contributed by atoms with Crippen LogP contribution in [0.25, 0.3) is 0 Å². The van der Waals surface area contributed by atoms with Crippen LogP contribution < -0.4 is 5.32 Å². The Kier molecular flexibility index (Phi) is 4.34. The monoisotopic (exact) mass is 280 g/mol. The molecule has 6 heteroatoms. The van der Waals surface area contributed by atoms with Crippen molar-refractivity contribution in [3.05, 3.63) is 35.6 Å². The minimum atomic E-state index is -0.524. The van der Waals surface area contributed by atoms with Gasteiger partial charge in [-0.05, 0) is 17.7 Å². The van der Waals surface area contributed by atoms with Gasteiger partial charge in [0.25, 0.3) is 0 Å². The van der Waals surface area contributed by atoms with Crippen molar-refractivity contribution in [1.82, 2.24) is 10.2 Å². The Bertz CT molecular complexity index is 504. The molecule has 20 heavy (non-hydrogen) atoms. The Hall–Kier alpha value is -1.95. The molecule has 0 saturated carbocycles. The van der Waals surface area contributed by atoms with Crippen molar-refractivity contribution in [2.24, 2.45) is 5.92 Å². The number of aliphatic hydroxyl groups excluding tert-OH is 1. The van der Waals surface area contributed by atoms with Crippen molar-refractivity contribution in [2.45, 2.75) is 12.5 Å². The first-order valence-electron chi connectivity index (χ1n) is 6.44. The van der Waals surface area contributed by atoms with Crippen LogP contribution in [0.2, 0.25) is 0 Å². The minimum absolute atomic E-state index is 0.121. The lowest BCUT2D eigenvalue weighted by Crippen LogP contribution is -2.35. The molecule has 2 rings (SSSR count). The van der Waals surface area contributed by atoms with Gasteiger partial charge in [-0.15, -0.1) is 0 Å². The predicted molar refractivity (Wildman–Crippen MR) is 70.1 cm³/mol. The predicted octanol–water partition coefficient (Wildman–Crippen LogP) is 0.454. The summed E-state index contributed by atoms with van der Waals surface area (Å²) in [7, 11) is 1.63. The average molecular weight is 280 g/mol. The molecule has 2 N–H and O–H groups in total. The normalized spacial score (nSPS) is 22.1. The molecule has 1 saturated heterocycles. The van der Waals surface area contributed by atoms with Gasteiger partial charge in [-0.3, -0.25) is 9.59 Å². The van der Waals surface area contributed by atoms with Crippen molar-refractivity contribution in [3.63, 3.8) is 0 Å². The minimum Gasteiger partial charge on any atom is -0.395 e. The Morgan fingerprint density at radius 2 is 2.10 bits per heavy atom. The fourth-order valence-corrected chi connectivity index (χ4v) is 2.53. The number of nitrogens with zero attached hydrogens (tertiary/aromatic N) is 1. The number of rotatable bonds is 4. The second-order valence-corrected chi connectivity index (χ2v) is 4.83. The lowest BCUT2D eigenvalue weighted by molar-refractivity contribution is -0.128. The molecule has 2 amide bonds. The van der Waals surface area contributed by atoms with Gasteiger partial charge in [0.05, 0.1) is 18.6 Å². The fraction of sp³-hybridized carbons (Fsp3) is 0.429. The smallest absolute Gasteiger partial charge is 0.226 e. The quantitative estimate of drug-likeness (QED) is 0.841. The van der Waals surface area contributed by atoms with Gasteiger partial charge in [-0.2, -0.15) is 0 Å². The van der Waals surface area contributed by atoms with Gasteiger partial charge >= 0.3 is 0 Å². The highest BCUT2D eigenvalue weighted by Gasteiger charge is 2.42. The van der Waals surface area contributed by atoms with E-state index in [1.165, 1.54) is 17.0 Å². The van der Waals surface area contributed by atoms with E-state index in [2.05, 4.69) is 5.32 Å². The Labute approximate surface area is 116 Å². The van der Waals surface area contributed by atoms with Crippen LogP contribution in [0.1, 0.15) is 18.0 Å². The van der Waals surface area contributed by atoms with E-state index >= 15 is 0 Å². The standard InChI is InChI=1S/C14H17FN2O3/c1-17-12(19)8-11(14(20)16-6-7-18)13(17)9-2-4-10(15)5-3-9/h2-5,11,13,18H,6-8H2,1H3,(H,16,20)/t11-,13-/m1/s1. The van der Waals surface area contributed by atoms with Crippen molar-refractivity contribution in [2.75, 3.05) is 20.2 Å². The van der Waals surface area contributed by atoms with Crippen LogP contribution >= 0.6 is 0 Å². The van der Waals surface area contributed by atoms with Crippen LogP contribution in [-0.2, 0) is 9.59 Å². The highest BCUT2D eigenvalue weighted by Crippen LogP contribution is 2.37. The van der Waals surface area contributed by atoms with Gasteiger partial charge in [0, 0.05) is 20.0 Å². The second kappa shape index (κ2) is 6.00. The highest BCUT2D eigenvalue weighted by molar-refractivity contribution is 5.90. The van der Waals surface area contributed by atoms with Crippen molar-refractivity contribution >= 4 is 11.8 Å². The van der Waals surface area contributed by atoms with E-state index in [1.807, 2.05) is 0 Å².